The number of nitriles is 1. The zero-order valence-corrected chi connectivity index (χ0v) is 14.0. The number of benzene rings is 1. The van der Waals surface area contributed by atoms with Gasteiger partial charge in [-0.25, -0.2) is 0 Å². The lowest BCUT2D eigenvalue weighted by atomic mass is 9.83. The maximum atomic E-state index is 9.59. The lowest BCUT2D eigenvalue weighted by molar-refractivity contribution is 0.398. The second-order valence-corrected chi connectivity index (χ2v) is 6.36. The van der Waals surface area contributed by atoms with E-state index in [0.717, 1.165) is 26.4 Å². The molecule has 1 unspecified atom stereocenters. The van der Waals surface area contributed by atoms with Crippen LogP contribution in [0.15, 0.2) is 65.0 Å². The summed E-state index contributed by atoms with van der Waals surface area (Å²) in [5.41, 5.74) is 8.20. The fraction of sp³-hybridized carbons (Fsp3) is 0.0556. The molecule has 1 aromatic carbocycles. The average Bonchev–Trinajstić information content (AvgIpc) is 2.60. The summed E-state index contributed by atoms with van der Waals surface area (Å²) in [6.45, 7) is 0. The van der Waals surface area contributed by atoms with E-state index in [0.29, 0.717) is 11.3 Å². The molecular weight excluding hydrogens is 368 g/mol. The number of pyridine rings is 2. The van der Waals surface area contributed by atoms with Crippen LogP contribution < -0.4 is 10.5 Å². The molecule has 0 saturated carbocycles. The van der Waals surface area contributed by atoms with E-state index in [1.807, 2.05) is 24.3 Å². The summed E-state index contributed by atoms with van der Waals surface area (Å²) in [6.07, 6.45) is 6.93. The summed E-state index contributed by atoms with van der Waals surface area (Å²) >= 11 is 3.43. The Morgan fingerprint density at radius 2 is 2.04 bits per heavy atom. The first-order chi connectivity index (χ1) is 11.7. The number of halogens is 1. The lowest BCUT2D eigenvalue weighted by Gasteiger charge is -2.27. The van der Waals surface area contributed by atoms with Crippen LogP contribution >= 0.6 is 15.9 Å². The Kier molecular flexibility index (Phi) is 3.44. The molecule has 0 fully saturated rings. The number of hydrogen-bond acceptors (Lipinski definition) is 5. The highest BCUT2D eigenvalue weighted by atomic mass is 79.9. The number of aromatic nitrogens is 2. The summed E-state index contributed by atoms with van der Waals surface area (Å²) in [7, 11) is 0. The van der Waals surface area contributed by atoms with E-state index in [-0.39, 0.29) is 11.8 Å². The second kappa shape index (κ2) is 5.62. The van der Waals surface area contributed by atoms with Crippen molar-refractivity contribution < 1.29 is 4.74 Å². The van der Waals surface area contributed by atoms with E-state index < -0.39 is 0 Å². The molecule has 2 N–H and O–H groups in total. The minimum Gasteiger partial charge on any atom is -0.440 e. The highest BCUT2D eigenvalue weighted by Gasteiger charge is 2.31. The van der Waals surface area contributed by atoms with Crippen molar-refractivity contribution in [1.82, 2.24) is 9.97 Å². The molecule has 1 atom stereocenters. The van der Waals surface area contributed by atoms with Crippen LogP contribution in [0.1, 0.15) is 17.0 Å². The highest BCUT2D eigenvalue weighted by molar-refractivity contribution is 9.10. The smallest absolute Gasteiger partial charge is 0.205 e. The minimum absolute atomic E-state index is 0.124. The summed E-state index contributed by atoms with van der Waals surface area (Å²) in [5, 5.41) is 11.5. The SMILES string of the molecule is N#CC1=C(N)Oc2c(ccc3cnccc23)C1c1cncc(Br)c1. The van der Waals surface area contributed by atoms with Crippen LogP contribution in [0.4, 0.5) is 0 Å². The van der Waals surface area contributed by atoms with Gasteiger partial charge in [0.15, 0.2) is 0 Å². The predicted octanol–water partition coefficient (Wildman–Crippen LogP) is 3.61. The summed E-state index contributed by atoms with van der Waals surface area (Å²) in [5.74, 6) is 0.469. The minimum atomic E-state index is -0.318. The first kappa shape index (κ1) is 14.7. The van der Waals surface area contributed by atoms with Crippen LogP contribution in [0, 0.1) is 11.3 Å². The topological polar surface area (TPSA) is 84.8 Å². The van der Waals surface area contributed by atoms with Crippen LogP contribution in [0.2, 0.25) is 0 Å². The van der Waals surface area contributed by atoms with Gasteiger partial charge in [-0.3, -0.25) is 9.97 Å². The molecule has 0 spiro atoms. The van der Waals surface area contributed by atoms with Gasteiger partial charge in [0.25, 0.3) is 0 Å². The third-order valence-corrected chi connectivity index (χ3v) is 4.49. The molecule has 5 nitrogen and oxygen atoms in total. The fourth-order valence-corrected chi connectivity index (χ4v) is 3.40. The zero-order chi connectivity index (χ0) is 16.7. The highest BCUT2D eigenvalue weighted by Crippen LogP contribution is 2.45. The molecule has 0 amide bonds. The van der Waals surface area contributed by atoms with Gasteiger partial charge in [-0.05, 0) is 33.6 Å². The van der Waals surface area contributed by atoms with Gasteiger partial charge >= 0.3 is 0 Å². The number of ether oxygens (including phenoxy) is 1. The van der Waals surface area contributed by atoms with Crippen molar-refractivity contribution in [2.45, 2.75) is 5.92 Å². The van der Waals surface area contributed by atoms with E-state index in [2.05, 4.69) is 32.0 Å². The zero-order valence-electron chi connectivity index (χ0n) is 12.4. The first-order valence-corrected chi connectivity index (χ1v) is 8.03. The number of hydrogen-bond donors (Lipinski definition) is 1. The summed E-state index contributed by atoms with van der Waals surface area (Å²) in [4.78, 5) is 8.35. The van der Waals surface area contributed by atoms with Crippen LogP contribution in [-0.4, -0.2) is 9.97 Å². The summed E-state index contributed by atoms with van der Waals surface area (Å²) in [6, 6.07) is 9.93. The molecule has 0 aliphatic carbocycles. The van der Waals surface area contributed by atoms with Crippen molar-refractivity contribution in [2.24, 2.45) is 5.73 Å². The molecule has 116 valence electrons. The number of fused-ring (bicyclic) bond motifs is 3. The Hall–Kier alpha value is -2.91. The van der Waals surface area contributed by atoms with Crippen molar-refractivity contribution in [2.75, 3.05) is 0 Å². The van der Waals surface area contributed by atoms with E-state index in [4.69, 9.17) is 10.5 Å². The molecule has 3 heterocycles. The molecule has 2 aromatic heterocycles. The van der Waals surface area contributed by atoms with Crippen molar-refractivity contribution in [3.05, 3.63) is 76.1 Å². The lowest BCUT2D eigenvalue weighted by Crippen LogP contribution is -2.21. The number of rotatable bonds is 1. The Labute approximate surface area is 146 Å². The van der Waals surface area contributed by atoms with Crippen molar-refractivity contribution in [3.63, 3.8) is 0 Å². The van der Waals surface area contributed by atoms with Crippen LogP contribution in [-0.2, 0) is 0 Å². The maximum absolute atomic E-state index is 9.59. The summed E-state index contributed by atoms with van der Waals surface area (Å²) < 4.78 is 6.65. The molecule has 0 radical (unpaired) electrons. The Morgan fingerprint density at radius 3 is 2.83 bits per heavy atom. The van der Waals surface area contributed by atoms with Gasteiger partial charge in [-0.15, -0.1) is 0 Å². The molecule has 6 heteroatoms. The molecule has 3 aromatic rings. The van der Waals surface area contributed by atoms with Crippen LogP contribution in [0.25, 0.3) is 10.8 Å². The monoisotopic (exact) mass is 378 g/mol. The predicted molar refractivity (Wildman–Crippen MR) is 93.0 cm³/mol. The molecule has 24 heavy (non-hydrogen) atoms. The van der Waals surface area contributed by atoms with Gasteiger partial charge in [0, 0.05) is 45.6 Å². The second-order valence-electron chi connectivity index (χ2n) is 5.44. The standard InChI is InChI=1S/C18H11BrN4O/c19-12-5-11(8-23-9-12)16-14-2-1-10-7-22-4-3-13(10)17(14)24-18(21)15(16)6-20/h1-5,7-9,16H,21H2. The van der Waals surface area contributed by atoms with Gasteiger partial charge in [0.05, 0.1) is 5.92 Å². The van der Waals surface area contributed by atoms with E-state index in [9.17, 15) is 5.26 Å². The van der Waals surface area contributed by atoms with Crippen LogP contribution in [0.3, 0.4) is 0 Å². The molecule has 0 bridgehead atoms. The Bertz CT molecular complexity index is 1040. The number of nitrogens with zero attached hydrogens (tertiary/aromatic N) is 3. The van der Waals surface area contributed by atoms with Gasteiger partial charge in [-0.1, -0.05) is 12.1 Å². The Morgan fingerprint density at radius 1 is 1.17 bits per heavy atom. The number of allylic oxidation sites excluding steroid dienone is 1. The van der Waals surface area contributed by atoms with Crippen molar-refractivity contribution in [1.29, 1.82) is 5.26 Å². The Balaban J connectivity index is 2.02. The van der Waals surface area contributed by atoms with Gasteiger partial charge in [-0.2, -0.15) is 5.26 Å². The molecule has 1 aliphatic rings. The third kappa shape index (κ3) is 2.22. The van der Waals surface area contributed by atoms with Gasteiger partial charge in [0.1, 0.15) is 17.4 Å². The van der Waals surface area contributed by atoms with E-state index in [1.165, 1.54) is 0 Å². The first-order valence-electron chi connectivity index (χ1n) is 7.23. The number of nitrogens with two attached hydrogens (primary N) is 1. The van der Waals surface area contributed by atoms with Crippen LogP contribution in [0.5, 0.6) is 5.75 Å². The quantitative estimate of drug-likeness (QED) is 0.698. The largest absolute Gasteiger partial charge is 0.440 e. The normalized spacial score (nSPS) is 16.4. The molecule has 4 rings (SSSR count). The van der Waals surface area contributed by atoms with E-state index in [1.54, 1.807) is 24.8 Å². The van der Waals surface area contributed by atoms with Crippen molar-refractivity contribution in [3.8, 4) is 11.8 Å². The molecule has 0 saturated heterocycles. The third-order valence-electron chi connectivity index (χ3n) is 4.06. The molecule has 1 aliphatic heterocycles. The van der Waals surface area contributed by atoms with Gasteiger partial charge in [0.2, 0.25) is 5.88 Å². The van der Waals surface area contributed by atoms with Gasteiger partial charge < -0.3 is 10.5 Å². The average molecular weight is 379 g/mol. The maximum Gasteiger partial charge on any atom is 0.205 e. The molecular formula is C18H11BrN4O. The van der Waals surface area contributed by atoms with Crippen molar-refractivity contribution >= 4 is 26.7 Å². The van der Waals surface area contributed by atoms with E-state index >= 15 is 0 Å². The fourth-order valence-electron chi connectivity index (χ4n) is 3.01.